The molecule has 0 bridgehead atoms. The van der Waals surface area contributed by atoms with Crippen LogP contribution in [0, 0.1) is 11.7 Å². The van der Waals surface area contributed by atoms with Crippen molar-refractivity contribution in [3.05, 3.63) is 83.7 Å². The average molecular weight is 531 g/mol. The molecule has 2 heterocycles. The molecule has 0 aromatic heterocycles. The van der Waals surface area contributed by atoms with Gasteiger partial charge >= 0.3 is 0 Å². The number of ether oxygens (including phenoxy) is 1. The van der Waals surface area contributed by atoms with Gasteiger partial charge in [-0.1, -0.05) is 25.1 Å². The summed E-state index contributed by atoms with van der Waals surface area (Å²) in [6.07, 6.45) is 1.96. The second-order valence-electron chi connectivity index (χ2n) is 10.3. The van der Waals surface area contributed by atoms with Crippen LogP contribution < -0.4 is 19.9 Å². The highest BCUT2D eigenvalue weighted by atomic mass is 19.1. The number of carbonyl (C=O) groups excluding carboxylic acids is 2. The minimum Gasteiger partial charge on any atom is -0.495 e. The Kier molecular flexibility index (Phi) is 8.00. The molecular weight excluding hydrogens is 495 g/mol. The summed E-state index contributed by atoms with van der Waals surface area (Å²) >= 11 is 0. The maximum absolute atomic E-state index is 13.8. The molecule has 2 aliphatic heterocycles. The van der Waals surface area contributed by atoms with E-state index in [0.717, 1.165) is 69.2 Å². The Bertz CT molecular complexity index is 1330. The number of methoxy groups -OCH3 is 1. The molecule has 0 saturated carbocycles. The summed E-state index contributed by atoms with van der Waals surface area (Å²) in [5, 5.41) is 2.85. The van der Waals surface area contributed by atoms with Crippen molar-refractivity contribution in [3.63, 3.8) is 0 Å². The number of nitrogens with one attached hydrogen (secondary N) is 1. The van der Waals surface area contributed by atoms with Crippen molar-refractivity contribution in [2.45, 2.75) is 19.8 Å². The zero-order valence-electron chi connectivity index (χ0n) is 22.5. The number of hydrogen-bond acceptors (Lipinski definition) is 5. The van der Waals surface area contributed by atoms with E-state index in [2.05, 4.69) is 28.1 Å². The topological polar surface area (TPSA) is 65.1 Å². The number of carbonyl (C=O) groups is 2. The van der Waals surface area contributed by atoms with E-state index in [1.54, 1.807) is 19.2 Å². The van der Waals surface area contributed by atoms with Crippen molar-refractivity contribution in [2.75, 3.05) is 61.5 Å². The molecule has 0 aliphatic carbocycles. The Hall–Kier alpha value is -4.07. The molecule has 7 nitrogen and oxygen atoms in total. The largest absolute Gasteiger partial charge is 0.495 e. The number of piperidine rings is 1. The highest BCUT2D eigenvalue weighted by Gasteiger charge is 2.28. The van der Waals surface area contributed by atoms with Gasteiger partial charge in [-0.15, -0.1) is 0 Å². The molecule has 2 amide bonds. The van der Waals surface area contributed by atoms with E-state index in [9.17, 15) is 14.0 Å². The van der Waals surface area contributed by atoms with Gasteiger partial charge in [0, 0.05) is 56.2 Å². The number of likely N-dealkylation sites (tertiary alicyclic amines) is 1. The van der Waals surface area contributed by atoms with E-state index < -0.39 is 11.7 Å². The summed E-state index contributed by atoms with van der Waals surface area (Å²) in [4.78, 5) is 33.1. The zero-order chi connectivity index (χ0) is 27.4. The summed E-state index contributed by atoms with van der Waals surface area (Å²) in [6.45, 7) is 6.72. The molecule has 39 heavy (non-hydrogen) atoms. The van der Waals surface area contributed by atoms with Crippen molar-refractivity contribution in [1.29, 1.82) is 0 Å². The lowest BCUT2D eigenvalue weighted by Crippen LogP contribution is -2.47. The number of benzene rings is 3. The predicted molar refractivity (Wildman–Crippen MR) is 153 cm³/mol. The van der Waals surface area contributed by atoms with Crippen molar-refractivity contribution in [2.24, 2.45) is 5.92 Å². The highest BCUT2D eigenvalue weighted by Crippen LogP contribution is 2.32. The number of halogens is 1. The third kappa shape index (κ3) is 6.00. The second kappa shape index (κ2) is 11.8. The van der Waals surface area contributed by atoms with E-state index >= 15 is 0 Å². The van der Waals surface area contributed by atoms with Crippen LogP contribution in [0.1, 0.15) is 40.5 Å². The van der Waals surface area contributed by atoms with Crippen LogP contribution in [0.4, 0.5) is 21.5 Å². The van der Waals surface area contributed by atoms with Crippen LogP contribution in [0.2, 0.25) is 0 Å². The smallest absolute Gasteiger partial charge is 0.256 e. The summed E-state index contributed by atoms with van der Waals surface area (Å²) in [7, 11) is 1.68. The quantitative estimate of drug-likeness (QED) is 0.470. The normalized spacial score (nSPS) is 16.2. The second-order valence-corrected chi connectivity index (χ2v) is 10.3. The first-order valence-electron chi connectivity index (χ1n) is 13.6. The molecule has 2 saturated heterocycles. The Morgan fingerprint density at radius 2 is 1.54 bits per heavy atom. The lowest BCUT2D eigenvalue weighted by molar-refractivity contribution is 0.0697. The highest BCUT2D eigenvalue weighted by molar-refractivity contribution is 6.06. The van der Waals surface area contributed by atoms with Crippen LogP contribution in [-0.4, -0.2) is 63.1 Å². The average Bonchev–Trinajstić information content (AvgIpc) is 2.97. The van der Waals surface area contributed by atoms with Gasteiger partial charge < -0.3 is 24.8 Å². The molecule has 3 aromatic carbocycles. The van der Waals surface area contributed by atoms with Gasteiger partial charge in [-0.25, -0.2) is 4.39 Å². The van der Waals surface area contributed by atoms with Crippen molar-refractivity contribution in [3.8, 4) is 5.75 Å². The Labute approximate surface area is 229 Å². The molecule has 5 rings (SSSR count). The van der Waals surface area contributed by atoms with Gasteiger partial charge in [-0.3, -0.25) is 9.59 Å². The molecule has 0 unspecified atom stereocenters. The molecule has 0 atom stereocenters. The molecule has 0 radical (unpaired) electrons. The molecule has 1 N–H and O–H groups in total. The van der Waals surface area contributed by atoms with E-state index in [4.69, 9.17) is 4.74 Å². The van der Waals surface area contributed by atoms with Crippen LogP contribution in [-0.2, 0) is 0 Å². The van der Waals surface area contributed by atoms with E-state index in [1.807, 2.05) is 35.2 Å². The number of anilines is 3. The van der Waals surface area contributed by atoms with Crippen LogP contribution in [0.25, 0.3) is 0 Å². The summed E-state index contributed by atoms with van der Waals surface area (Å²) in [5.41, 5.74) is 3.24. The van der Waals surface area contributed by atoms with E-state index in [-0.39, 0.29) is 11.5 Å². The fraction of sp³-hybridized carbons (Fsp3) is 0.355. The van der Waals surface area contributed by atoms with Gasteiger partial charge in [-0.05, 0) is 67.3 Å². The van der Waals surface area contributed by atoms with Crippen molar-refractivity contribution >= 4 is 28.9 Å². The number of hydrogen-bond donors (Lipinski definition) is 1. The lowest BCUT2D eigenvalue weighted by Gasteiger charge is -2.39. The van der Waals surface area contributed by atoms with E-state index in [1.165, 1.54) is 18.2 Å². The zero-order valence-corrected chi connectivity index (χ0v) is 22.5. The number of nitrogens with zero attached hydrogens (tertiary/aromatic N) is 3. The van der Waals surface area contributed by atoms with Crippen molar-refractivity contribution in [1.82, 2.24) is 4.90 Å². The molecule has 3 aromatic rings. The molecular formula is C31H35FN4O3. The summed E-state index contributed by atoms with van der Waals surface area (Å²) in [5.74, 6) is 0.539. The maximum atomic E-state index is 13.8. The monoisotopic (exact) mass is 530 g/mol. The van der Waals surface area contributed by atoms with Gasteiger partial charge in [-0.2, -0.15) is 0 Å². The van der Waals surface area contributed by atoms with E-state index in [0.29, 0.717) is 17.2 Å². The Morgan fingerprint density at radius 1 is 0.846 bits per heavy atom. The van der Waals surface area contributed by atoms with Gasteiger partial charge in [0.05, 0.1) is 18.4 Å². The first-order chi connectivity index (χ1) is 18.9. The number of para-hydroxylation sites is 2. The number of amides is 2. The molecule has 8 heteroatoms. The van der Waals surface area contributed by atoms with Gasteiger partial charge in [0.15, 0.2) is 0 Å². The standard InChI is InChI=1S/C31H35FN4O3/c1-22-12-14-36(15-13-22)31(38)26-21-25(33-30(37)23-6-5-7-24(32)20-23)10-11-27(26)34-16-18-35(19-17-34)28-8-3-4-9-29(28)39-2/h3-11,20-22H,12-19H2,1-2H3,(H,33,37). The van der Waals surface area contributed by atoms with Crippen LogP contribution in [0.5, 0.6) is 5.75 Å². The number of rotatable bonds is 6. The minimum atomic E-state index is -0.472. The van der Waals surface area contributed by atoms with Gasteiger partial charge in [0.1, 0.15) is 11.6 Å². The maximum Gasteiger partial charge on any atom is 0.256 e. The lowest BCUT2D eigenvalue weighted by atomic mass is 9.98. The third-order valence-corrected chi connectivity index (χ3v) is 7.69. The van der Waals surface area contributed by atoms with Gasteiger partial charge in [0.2, 0.25) is 0 Å². The van der Waals surface area contributed by atoms with Crippen molar-refractivity contribution < 1.29 is 18.7 Å². The third-order valence-electron chi connectivity index (χ3n) is 7.69. The first kappa shape index (κ1) is 26.5. The van der Waals surface area contributed by atoms with Crippen LogP contribution in [0.3, 0.4) is 0 Å². The molecule has 2 fully saturated rings. The van der Waals surface area contributed by atoms with Crippen LogP contribution in [0.15, 0.2) is 66.7 Å². The molecule has 0 spiro atoms. The SMILES string of the molecule is COc1ccccc1N1CCN(c2ccc(NC(=O)c3cccc(F)c3)cc2C(=O)N2CCC(C)CC2)CC1. The Morgan fingerprint density at radius 3 is 2.23 bits per heavy atom. The minimum absolute atomic E-state index is 0.0223. The predicted octanol–water partition coefficient (Wildman–Crippen LogP) is 5.29. The summed E-state index contributed by atoms with van der Waals surface area (Å²) in [6, 6.07) is 19.1. The Balaban J connectivity index is 1.38. The van der Waals surface area contributed by atoms with Crippen LogP contribution >= 0.6 is 0 Å². The fourth-order valence-corrected chi connectivity index (χ4v) is 5.36. The number of piperazine rings is 1. The first-order valence-corrected chi connectivity index (χ1v) is 13.6. The fourth-order valence-electron chi connectivity index (χ4n) is 5.36. The molecule has 2 aliphatic rings. The molecule has 204 valence electrons. The summed E-state index contributed by atoms with van der Waals surface area (Å²) < 4.78 is 19.2. The van der Waals surface area contributed by atoms with Gasteiger partial charge in [0.25, 0.3) is 11.8 Å².